The van der Waals surface area contributed by atoms with Gasteiger partial charge in [-0.15, -0.1) is 11.3 Å². The Morgan fingerprint density at radius 3 is 2.89 bits per heavy atom. The number of nitrogens with one attached hydrogen (secondary N) is 1. The van der Waals surface area contributed by atoms with Gasteiger partial charge in [0.25, 0.3) is 5.56 Å². The molecule has 0 atom stereocenters. The molecular weight excluding hydrogens is 264 g/mol. The number of thiophene rings is 1. The maximum atomic E-state index is 12.7. The van der Waals surface area contributed by atoms with Crippen LogP contribution < -0.4 is 5.56 Å². The van der Waals surface area contributed by atoms with Gasteiger partial charge in [-0.2, -0.15) is 0 Å². The van der Waals surface area contributed by atoms with Crippen LogP contribution in [0, 0.1) is 4.77 Å². The number of H-pyrrole nitrogens is 1. The lowest BCUT2D eigenvalue weighted by atomic mass is 10.2. The Labute approximate surface area is 113 Å². The Hall–Kier alpha value is -0.940. The van der Waals surface area contributed by atoms with Gasteiger partial charge < -0.3 is 4.98 Å². The summed E-state index contributed by atoms with van der Waals surface area (Å²) in [5, 5.41) is 0.911. The van der Waals surface area contributed by atoms with E-state index in [2.05, 4.69) is 11.9 Å². The lowest BCUT2D eigenvalue weighted by Gasteiger charge is -2.13. The smallest absolute Gasteiger partial charge is 0.263 e. The first-order chi connectivity index (χ1) is 8.60. The number of aromatic nitrogens is 2. The van der Waals surface area contributed by atoms with Crippen molar-refractivity contribution in [2.45, 2.75) is 44.6 Å². The molecule has 2 aliphatic carbocycles. The normalized spacial score (nSPS) is 20.3. The molecule has 0 aliphatic heterocycles. The van der Waals surface area contributed by atoms with E-state index in [1.54, 1.807) is 11.3 Å². The molecule has 0 saturated heterocycles. The second-order valence-corrected chi connectivity index (χ2v) is 7.12. The topological polar surface area (TPSA) is 37.8 Å². The predicted molar refractivity (Wildman–Crippen MR) is 76.2 cm³/mol. The van der Waals surface area contributed by atoms with Gasteiger partial charge in [-0.1, -0.05) is 0 Å². The highest BCUT2D eigenvalue weighted by atomic mass is 32.1. The third-order valence-corrected chi connectivity index (χ3v) is 5.77. The summed E-state index contributed by atoms with van der Waals surface area (Å²) in [6.07, 6.45) is 5.46. The minimum absolute atomic E-state index is 0.0354. The van der Waals surface area contributed by atoms with Crippen LogP contribution in [-0.4, -0.2) is 9.55 Å². The summed E-state index contributed by atoms with van der Waals surface area (Å²) < 4.78 is 2.41. The number of aromatic amines is 1. The molecule has 2 aliphatic rings. The lowest BCUT2D eigenvalue weighted by Crippen LogP contribution is -2.29. The molecule has 0 spiro atoms. The highest BCUT2D eigenvalue weighted by Crippen LogP contribution is 2.43. The van der Waals surface area contributed by atoms with Crippen molar-refractivity contribution in [2.24, 2.45) is 0 Å². The molecule has 4 rings (SSSR count). The Balaban J connectivity index is 2.16. The van der Waals surface area contributed by atoms with Crippen molar-refractivity contribution in [1.82, 2.24) is 9.55 Å². The van der Waals surface area contributed by atoms with Crippen LogP contribution in [0.25, 0.3) is 10.2 Å². The molecule has 2 heterocycles. The van der Waals surface area contributed by atoms with E-state index in [1.807, 2.05) is 4.57 Å². The summed E-state index contributed by atoms with van der Waals surface area (Å²) in [4.78, 5) is 18.4. The van der Waals surface area contributed by atoms with Crippen molar-refractivity contribution in [1.29, 1.82) is 0 Å². The highest BCUT2D eigenvalue weighted by Gasteiger charge is 2.41. The number of hydrogen-bond acceptors (Lipinski definition) is 3. The van der Waals surface area contributed by atoms with Crippen LogP contribution in [-0.2, 0) is 18.4 Å². The van der Waals surface area contributed by atoms with E-state index >= 15 is 0 Å². The van der Waals surface area contributed by atoms with Gasteiger partial charge in [-0.3, -0.25) is 9.36 Å². The number of fused-ring (bicyclic) bond motifs is 3. The molecule has 2 aromatic rings. The van der Waals surface area contributed by atoms with Gasteiger partial charge in [0.1, 0.15) is 4.83 Å². The fraction of sp³-hybridized carbons (Fsp3) is 0.538. The molecule has 1 fully saturated rings. The first kappa shape index (κ1) is 10.9. The van der Waals surface area contributed by atoms with Gasteiger partial charge in [-0.05, 0) is 56.8 Å². The fourth-order valence-electron chi connectivity index (χ4n) is 2.97. The molecule has 0 radical (unpaired) electrons. The first-order valence-electron chi connectivity index (χ1n) is 6.40. The van der Waals surface area contributed by atoms with Crippen LogP contribution in [0.4, 0.5) is 0 Å². The van der Waals surface area contributed by atoms with Gasteiger partial charge in [0, 0.05) is 10.4 Å². The van der Waals surface area contributed by atoms with Crippen LogP contribution in [0.2, 0.25) is 0 Å². The second-order valence-electron chi connectivity index (χ2n) is 5.63. The van der Waals surface area contributed by atoms with E-state index in [1.165, 1.54) is 16.9 Å². The van der Waals surface area contributed by atoms with Crippen molar-refractivity contribution in [3.05, 3.63) is 25.6 Å². The molecule has 1 saturated carbocycles. The van der Waals surface area contributed by atoms with Crippen LogP contribution in [0.15, 0.2) is 4.79 Å². The van der Waals surface area contributed by atoms with Crippen molar-refractivity contribution < 1.29 is 0 Å². The van der Waals surface area contributed by atoms with E-state index < -0.39 is 0 Å². The van der Waals surface area contributed by atoms with Gasteiger partial charge in [-0.25, -0.2) is 0 Å². The number of rotatable bonds is 1. The van der Waals surface area contributed by atoms with Crippen LogP contribution >= 0.6 is 23.6 Å². The minimum atomic E-state index is -0.0354. The summed E-state index contributed by atoms with van der Waals surface area (Å²) in [7, 11) is 0. The molecule has 2 aromatic heterocycles. The average Bonchev–Trinajstić information content (AvgIpc) is 2.72. The second kappa shape index (κ2) is 3.33. The molecule has 0 unspecified atom stereocenters. The third-order valence-electron chi connectivity index (χ3n) is 4.28. The summed E-state index contributed by atoms with van der Waals surface area (Å²) in [5.41, 5.74) is 1.38. The van der Waals surface area contributed by atoms with E-state index in [9.17, 15) is 4.79 Å². The van der Waals surface area contributed by atoms with Crippen LogP contribution in [0.1, 0.15) is 36.6 Å². The fourth-order valence-corrected chi connectivity index (χ4v) is 4.72. The zero-order valence-electron chi connectivity index (χ0n) is 10.2. The SMILES string of the molecule is CC1(n2c(=S)[nH]c3sc4c(c3c2=O)CCC4)CC1. The van der Waals surface area contributed by atoms with Crippen molar-refractivity contribution in [3.8, 4) is 0 Å². The lowest BCUT2D eigenvalue weighted by molar-refractivity contribution is 0.502. The standard InChI is InChI=1S/C13H14N2OS2/c1-13(5-6-13)15-11(16)9-7-3-2-4-8(7)18-10(9)14-12(15)17/h2-6H2,1H3,(H,14,17). The summed E-state index contributed by atoms with van der Waals surface area (Å²) >= 11 is 7.09. The van der Waals surface area contributed by atoms with Gasteiger partial charge >= 0.3 is 0 Å². The summed E-state index contributed by atoms with van der Waals surface area (Å²) in [6, 6.07) is 0. The molecule has 1 N–H and O–H groups in total. The van der Waals surface area contributed by atoms with Crippen LogP contribution in [0.5, 0.6) is 0 Å². The van der Waals surface area contributed by atoms with Gasteiger partial charge in [0.2, 0.25) is 0 Å². The molecule has 18 heavy (non-hydrogen) atoms. The molecule has 0 aromatic carbocycles. The number of aryl methyl sites for hydroxylation is 2. The number of hydrogen-bond donors (Lipinski definition) is 1. The molecular formula is C13H14N2OS2. The van der Waals surface area contributed by atoms with E-state index in [0.29, 0.717) is 4.77 Å². The van der Waals surface area contributed by atoms with E-state index in [-0.39, 0.29) is 11.1 Å². The molecule has 5 heteroatoms. The average molecular weight is 278 g/mol. The zero-order chi connectivity index (χ0) is 12.5. The Morgan fingerprint density at radius 1 is 1.39 bits per heavy atom. The van der Waals surface area contributed by atoms with Crippen molar-refractivity contribution in [3.63, 3.8) is 0 Å². The van der Waals surface area contributed by atoms with Gasteiger partial charge in [0.05, 0.1) is 5.39 Å². The maximum absolute atomic E-state index is 12.7. The number of nitrogens with zero attached hydrogens (tertiary/aromatic N) is 1. The minimum Gasteiger partial charge on any atom is -0.323 e. The molecule has 3 nitrogen and oxygen atoms in total. The predicted octanol–water partition coefficient (Wildman–Crippen LogP) is 3.12. The Bertz CT molecular complexity index is 777. The summed E-state index contributed by atoms with van der Waals surface area (Å²) in [6.45, 7) is 2.12. The Morgan fingerprint density at radius 2 is 2.17 bits per heavy atom. The van der Waals surface area contributed by atoms with E-state index in [4.69, 9.17) is 12.2 Å². The largest absolute Gasteiger partial charge is 0.323 e. The van der Waals surface area contributed by atoms with Crippen molar-refractivity contribution >= 4 is 33.8 Å². The third kappa shape index (κ3) is 1.29. The highest BCUT2D eigenvalue weighted by molar-refractivity contribution is 7.71. The monoisotopic (exact) mass is 278 g/mol. The quantitative estimate of drug-likeness (QED) is 0.814. The molecule has 0 amide bonds. The summed E-state index contributed by atoms with van der Waals surface area (Å²) in [5.74, 6) is 0. The van der Waals surface area contributed by atoms with Gasteiger partial charge in [0.15, 0.2) is 4.77 Å². The Kier molecular flexibility index (Phi) is 2.02. The molecule has 0 bridgehead atoms. The zero-order valence-corrected chi connectivity index (χ0v) is 11.8. The van der Waals surface area contributed by atoms with Crippen LogP contribution in [0.3, 0.4) is 0 Å². The van der Waals surface area contributed by atoms with E-state index in [0.717, 1.165) is 35.9 Å². The van der Waals surface area contributed by atoms with Crippen molar-refractivity contribution in [2.75, 3.05) is 0 Å². The maximum Gasteiger partial charge on any atom is 0.263 e. The first-order valence-corrected chi connectivity index (χ1v) is 7.63. The molecule has 94 valence electrons.